The Balaban J connectivity index is 2.41. The molecule has 1 atom stereocenters. The van der Waals surface area contributed by atoms with Gasteiger partial charge in [0.2, 0.25) is 0 Å². The normalized spacial score (nSPS) is 12.3. The number of aliphatic hydroxyl groups is 1. The lowest BCUT2D eigenvalue weighted by Crippen LogP contribution is -2.23. The van der Waals surface area contributed by atoms with Crippen molar-refractivity contribution in [3.63, 3.8) is 0 Å². The number of aliphatic hydroxyl groups excluding tert-OH is 1. The lowest BCUT2D eigenvalue weighted by molar-refractivity contribution is -0.142. The van der Waals surface area contributed by atoms with E-state index >= 15 is 0 Å². The molecule has 4 nitrogen and oxygen atoms in total. The summed E-state index contributed by atoms with van der Waals surface area (Å²) < 4.78 is 4.49. The molecule has 0 spiro atoms. The maximum absolute atomic E-state index is 10.9. The summed E-state index contributed by atoms with van der Waals surface area (Å²) in [5.41, 5.74) is 2.21. The van der Waals surface area contributed by atoms with E-state index < -0.39 is 12.1 Å². The van der Waals surface area contributed by atoms with Gasteiger partial charge in [-0.05, 0) is 23.6 Å². The summed E-state index contributed by atoms with van der Waals surface area (Å²) >= 11 is 0. The lowest BCUT2D eigenvalue weighted by Gasteiger charge is -2.12. The molecule has 0 aliphatic carbocycles. The molecule has 1 rings (SSSR count). The highest BCUT2D eigenvalue weighted by molar-refractivity contribution is 5.69. The molecule has 1 aromatic carbocycles. The van der Waals surface area contributed by atoms with Gasteiger partial charge in [-0.2, -0.15) is 0 Å². The van der Waals surface area contributed by atoms with Crippen molar-refractivity contribution < 1.29 is 14.6 Å². The average molecular weight is 251 g/mol. The Hall–Kier alpha value is -1.55. The zero-order valence-corrected chi connectivity index (χ0v) is 11.1. The monoisotopic (exact) mass is 251 g/mol. The quantitative estimate of drug-likeness (QED) is 0.761. The minimum absolute atomic E-state index is 0.00752. The van der Waals surface area contributed by atoms with E-state index in [0.717, 1.165) is 5.69 Å². The topological polar surface area (TPSA) is 58.6 Å². The van der Waals surface area contributed by atoms with E-state index in [9.17, 15) is 9.90 Å². The minimum Gasteiger partial charge on any atom is -0.469 e. The zero-order chi connectivity index (χ0) is 13.5. The third-order valence-corrected chi connectivity index (χ3v) is 2.75. The summed E-state index contributed by atoms with van der Waals surface area (Å²) in [7, 11) is 1.31. The van der Waals surface area contributed by atoms with Crippen LogP contribution in [0.2, 0.25) is 0 Å². The highest BCUT2D eigenvalue weighted by Gasteiger charge is 2.10. The van der Waals surface area contributed by atoms with Crippen LogP contribution in [0.5, 0.6) is 0 Å². The molecule has 0 fully saturated rings. The van der Waals surface area contributed by atoms with Crippen LogP contribution in [0.4, 0.5) is 5.69 Å². The van der Waals surface area contributed by atoms with Gasteiger partial charge in [0.25, 0.3) is 0 Å². The summed E-state index contributed by atoms with van der Waals surface area (Å²) in [6.45, 7) is 4.61. The molecular weight excluding hydrogens is 230 g/mol. The fourth-order valence-corrected chi connectivity index (χ4v) is 1.57. The summed E-state index contributed by atoms with van der Waals surface area (Å²) in [5.74, 6) is 0.100. The Bertz CT molecular complexity index is 373. The van der Waals surface area contributed by atoms with Crippen LogP contribution in [-0.4, -0.2) is 30.8 Å². The van der Waals surface area contributed by atoms with Crippen molar-refractivity contribution in [2.24, 2.45) is 0 Å². The highest BCUT2D eigenvalue weighted by atomic mass is 16.5. The molecule has 0 aliphatic rings. The van der Waals surface area contributed by atoms with Crippen molar-refractivity contribution in [3.05, 3.63) is 29.8 Å². The molecule has 2 N–H and O–H groups in total. The summed E-state index contributed by atoms with van der Waals surface area (Å²) in [6, 6.07) is 8.06. The fourth-order valence-electron chi connectivity index (χ4n) is 1.57. The molecule has 18 heavy (non-hydrogen) atoms. The molecule has 1 unspecified atom stereocenters. The van der Waals surface area contributed by atoms with Crippen LogP contribution in [0.25, 0.3) is 0 Å². The molecular formula is C14H21NO3. The standard InChI is InChI=1S/C14H21NO3/c1-10(2)11-4-6-12(7-5-11)15-9-13(16)8-14(17)18-3/h4-7,10,13,15-16H,8-9H2,1-3H3. The maximum Gasteiger partial charge on any atom is 0.308 e. The van der Waals surface area contributed by atoms with Gasteiger partial charge in [-0.25, -0.2) is 0 Å². The number of rotatable bonds is 6. The van der Waals surface area contributed by atoms with E-state index in [2.05, 4.69) is 36.0 Å². The molecule has 0 radical (unpaired) electrons. The van der Waals surface area contributed by atoms with Crippen molar-refractivity contribution in [3.8, 4) is 0 Å². The third-order valence-electron chi connectivity index (χ3n) is 2.75. The predicted molar refractivity (Wildman–Crippen MR) is 71.7 cm³/mol. The first-order valence-electron chi connectivity index (χ1n) is 6.11. The number of hydrogen-bond donors (Lipinski definition) is 2. The Morgan fingerprint density at radius 2 is 1.94 bits per heavy atom. The molecule has 0 aliphatic heterocycles. The van der Waals surface area contributed by atoms with E-state index in [0.29, 0.717) is 12.5 Å². The molecule has 0 bridgehead atoms. The molecule has 0 saturated carbocycles. The number of anilines is 1. The van der Waals surface area contributed by atoms with Gasteiger partial charge in [0.15, 0.2) is 0 Å². The molecule has 0 heterocycles. The first-order valence-corrected chi connectivity index (χ1v) is 6.11. The first kappa shape index (κ1) is 14.5. The summed E-state index contributed by atoms with van der Waals surface area (Å²) in [6.07, 6.45) is -0.727. The molecule has 4 heteroatoms. The van der Waals surface area contributed by atoms with E-state index in [1.165, 1.54) is 12.7 Å². The Kier molecular flexibility index (Phi) is 5.65. The SMILES string of the molecule is COC(=O)CC(O)CNc1ccc(C(C)C)cc1. The van der Waals surface area contributed by atoms with Gasteiger partial charge >= 0.3 is 5.97 Å². The van der Waals surface area contributed by atoms with Crippen LogP contribution >= 0.6 is 0 Å². The molecule has 1 aromatic rings. The Morgan fingerprint density at radius 1 is 1.33 bits per heavy atom. The van der Waals surface area contributed by atoms with Gasteiger partial charge in [0, 0.05) is 12.2 Å². The Morgan fingerprint density at radius 3 is 2.44 bits per heavy atom. The van der Waals surface area contributed by atoms with Crippen LogP contribution in [-0.2, 0) is 9.53 Å². The van der Waals surface area contributed by atoms with Gasteiger partial charge in [-0.15, -0.1) is 0 Å². The average Bonchev–Trinajstić information content (AvgIpc) is 2.36. The van der Waals surface area contributed by atoms with Gasteiger partial charge in [0.05, 0.1) is 19.6 Å². The van der Waals surface area contributed by atoms with Crippen molar-refractivity contribution in [1.82, 2.24) is 0 Å². The van der Waals surface area contributed by atoms with Crippen LogP contribution in [0.3, 0.4) is 0 Å². The molecule has 0 amide bonds. The zero-order valence-electron chi connectivity index (χ0n) is 11.1. The first-order chi connectivity index (χ1) is 8.52. The van der Waals surface area contributed by atoms with E-state index in [-0.39, 0.29) is 6.42 Å². The number of hydrogen-bond acceptors (Lipinski definition) is 4. The van der Waals surface area contributed by atoms with Crippen molar-refractivity contribution >= 4 is 11.7 Å². The smallest absolute Gasteiger partial charge is 0.308 e. The largest absolute Gasteiger partial charge is 0.469 e. The lowest BCUT2D eigenvalue weighted by atomic mass is 10.0. The second kappa shape index (κ2) is 7.01. The van der Waals surface area contributed by atoms with Crippen LogP contribution < -0.4 is 5.32 Å². The van der Waals surface area contributed by atoms with Crippen LogP contribution in [0, 0.1) is 0 Å². The van der Waals surface area contributed by atoms with Gasteiger partial charge < -0.3 is 15.2 Å². The number of benzene rings is 1. The van der Waals surface area contributed by atoms with Gasteiger partial charge in [-0.1, -0.05) is 26.0 Å². The van der Waals surface area contributed by atoms with Crippen molar-refractivity contribution in [2.45, 2.75) is 32.3 Å². The third kappa shape index (κ3) is 4.75. The van der Waals surface area contributed by atoms with E-state index in [1.807, 2.05) is 12.1 Å². The highest BCUT2D eigenvalue weighted by Crippen LogP contribution is 2.17. The van der Waals surface area contributed by atoms with E-state index in [4.69, 9.17) is 0 Å². The molecule has 0 saturated heterocycles. The summed E-state index contributed by atoms with van der Waals surface area (Å²) in [5, 5.41) is 12.7. The number of nitrogens with one attached hydrogen (secondary N) is 1. The van der Waals surface area contributed by atoms with Crippen molar-refractivity contribution in [2.75, 3.05) is 19.0 Å². The van der Waals surface area contributed by atoms with E-state index in [1.54, 1.807) is 0 Å². The predicted octanol–water partition coefficient (Wildman–Crippen LogP) is 2.15. The minimum atomic E-state index is -0.734. The van der Waals surface area contributed by atoms with Gasteiger partial charge in [-0.3, -0.25) is 4.79 Å². The molecule has 100 valence electrons. The second-order valence-corrected chi connectivity index (χ2v) is 4.59. The number of ether oxygens (including phenoxy) is 1. The summed E-state index contributed by atoms with van der Waals surface area (Å²) in [4.78, 5) is 10.9. The number of carbonyl (C=O) groups excluding carboxylic acids is 1. The fraction of sp³-hybridized carbons (Fsp3) is 0.500. The number of methoxy groups -OCH3 is 1. The van der Waals surface area contributed by atoms with Crippen LogP contribution in [0.15, 0.2) is 24.3 Å². The number of carbonyl (C=O) groups is 1. The number of esters is 1. The Labute approximate surface area is 108 Å². The van der Waals surface area contributed by atoms with Crippen molar-refractivity contribution in [1.29, 1.82) is 0 Å². The maximum atomic E-state index is 10.9. The second-order valence-electron chi connectivity index (χ2n) is 4.59. The molecule has 0 aromatic heterocycles. The van der Waals surface area contributed by atoms with Crippen LogP contribution in [0.1, 0.15) is 31.7 Å². The van der Waals surface area contributed by atoms with Gasteiger partial charge in [0.1, 0.15) is 0 Å².